The third kappa shape index (κ3) is 10.3. The number of piperidine rings is 1. The molecule has 56 heavy (non-hydrogen) atoms. The summed E-state index contributed by atoms with van der Waals surface area (Å²) in [5, 5.41) is 28.3. The first-order chi connectivity index (χ1) is 27.2. The van der Waals surface area contributed by atoms with Crippen LogP contribution in [0.2, 0.25) is 5.02 Å². The van der Waals surface area contributed by atoms with Crippen LogP contribution in [0.5, 0.6) is 11.5 Å². The van der Waals surface area contributed by atoms with E-state index >= 15 is 0 Å². The Hall–Kier alpha value is -5.73. The predicted octanol–water partition coefficient (Wildman–Crippen LogP) is 8.04. The first kappa shape index (κ1) is 39.9. The number of pyridine rings is 1. The van der Waals surface area contributed by atoms with Crippen molar-refractivity contribution in [2.75, 3.05) is 13.1 Å². The lowest BCUT2D eigenvalue weighted by molar-refractivity contribution is -0.137. The van der Waals surface area contributed by atoms with Crippen LogP contribution in [-0.4, -0.2) is 41.1 Å². The second-order valence-electron chi connectivity index (χ2n) is 14.0. The lowest BCUT2D eigenvalue weighted by atomic mass is 9.89. The van der Waals surface area contributed by atoms with Crippen LogP contribution in [0.25, 0.3) is 22.3 Å². The van der Waals surface area contributed by atoms with Gasteiger partial charge in [-0.25, -0.2) is 0 Å². The maximum atomic E-state index is 12.1. The summed E-state index contributed by atoms with van der Waals surface area (Å²) in [7, 11) is 0. The van der Waals surface area contributed by atoms with Crippen LogP contribution in [0, 0.1) is 25.2 Å². The lowest BCUT2D eigenvalue weighted by Gasteiger charge is -2.23. The van der Waals surface area contributed by atoms with Crippen molar-refractivity contribution in [1.29, 1.82) is 5.26 Å². The Morgan fingerprint density at radius 1 is 0.911 bits per heavy atom. The van der Waals surface area contributed by atoms with Gasteiger partial charge in [-0.2, -0.15) is 5.26 Å². The van der Waals surface area contributed by atoms with Gasteiger partial charge < -0.3 is 30.5 Å². The molecule has 1 amide bonds. The second kappa shape index (κ2) is 19.2. The van der Waals surface area contributed by atoms with Crippen LogP contribution in [0.3, 0.4) is 0 Å². The number of amides is 1. The molecule has 1 fully saturated rings. The Morgan fingerprint density at radius 3 is 2.43 bits per heavy atom. The zero-order chi connectivity index (χ0) is 39.4. The first-order valence-electron chi connectivity index (χ1n) is 18.8. The summed E-state index contributed by atoms with van der Waals surface area (Å²) in [6, 6.07) is 28.4. The number of nitrogens with one attached hydrogen (secondary N) is 3. The highest BCUT2D eigenvalue weighted by Crippen LogP contribution is 2.37. The number of halogens is 1. The van der Waals surface area contributed by atoms with E-state index in [4.69, 9.17) is 26.2 Å². The van der Waals surface area contributed by atoms with E-state index in [9.17, 15) is 14.9 Å². The molecule has 1 aliphatic rings. The standard InChI is InChI=1S/C45H46ClN5O5/c1-29-35(28-56-43-21-42(55-27-33-19-32(22-47)23-49-24-33)36(20-40(43)46)26-48-17-6-12-44(52)53)7-3-9-38(29)39-10-4-8-37(30(39)2)34-15-13-31(14-16-34)25-51-41-11-5-18-50-45(41)54/h3-4,7-10,13-16,19-21,23-24,41,48,51H,5-6,11-12,17-18,25-28H2,1-2H3,(H,50,54)(H,52,53)/t41-/m0/s1. The number of hydrogen-bond donors (Lipinski definition) is 4. The molecule has 0 unspecified atom stereocenters. The van der Waals surface area contributed by atoms with Gasteiger partial charge in [-0.05, 0) is 96.3 Å². The zero-order valence-electron chi connectivity index (χ0n) is 31.7. The SMILES string of the molecule is Cc1c(COc2cc(OCc3cncc(C#N)c3)c(CNCCCC(=O)O)cc2Cl)cccc1-c1cccc(-c2ccc(CN[C@H]3CCCNC3=O)cc2)c1C. The maximum absolute atomic E-state index is 12.1. The Bertz CT molecular complexity index is 2220. The highest BCUT2D eigenvalue weighted by Gasteiger charge is 2.21. The molecule has 0 bridgehead atoms. The van der Waals surface area contributed by atoms with Crippen molar-refractivity contribution in [3.63, 3.8) is 0 Å². The average molecular weight is 772 g/mol. The molecule has 288 valence electrons. The van der Waals surface area contributed by atoms with Crippen LogP contribution in [0.1, 0.15) is 64.6 Å². The van der Waals surface area contributed by atoms with Crippen LogP contribution in [0.4, 0.5) is 0 Å². The van der Waals surface area contributed by atoms with Crippen LogP contribution in [-0.2, 0) is 35.9 Å². The molecule has 10 nitrogen and oxygen atoms in total. The summed E-state index contributed by atoms with van der Waals surface area (Å²) in [6.45, 7) is 7.02. The smallest absolute Gasteiger partial charge is 0.303 e. The fourth-order valence-corrected chi connectivity index (χ4v) is 7.11. The molecule has 5 aromatic rings. The monoisotopic (exact) mass is 771 g/mol. The quantitative estimate of drug-likeness (QED) is 0.0691. The van der Waals surface area contributed by atoms with Crippen LogP contribution < -0.4 is 25.4 Å². The summed E-state index contributed by atoms with van der Waals surface area (Å²) in [5.41, 5.74) is 10.9. The van der Waals surface area contributed by atoms with Gasteiger partial charge in [-0.1, -0.05) is 72.3 Å². The van der Waals surface area contributed by atoms with Crippen molar-refractivity contribution in [3.05, 3.63) is 135 Å². The topological polar surface area (TPSA) is 146 Å². The van der Waals surface area contributed by atoms with Crippen molar-refractivity contribution in [1.82, 2.24) is 20.9 Å². The number of carboxylic acids is 1. The van der Waals surface area contributed by atoms with E-state index in [1.807, 2.05) is 6.07 Å². The molecular formula is C45H46ClN5O5. The molecule has 11 heteroatoms. The highest BCUT2D eigenvalue weighted by atomic mass is 35.5. The van der Waals surface area contributed by atoms with Gasteiger partial charge in [0, 0.05) is 55.6 Å². The van der Waals surface area contributed by atoms with Crippen molar-refractivity contribution in [2.24, 2.45) is 0 Å². The van der Waals surface area contributed by atoms with Gasteiger partial charge in [0.25, 0.3) is 0 Å². The number of carbonyl (C=O) groups is 2. The van der Waals surface area contributed by atoms with Crippen LogP contribution >= 0.6 is 11.6 Å². The van der Waals surface area contributed by atoms with Crippen molar-refractivity contribution in [2.45, 2.75) is 71.9 Å². The molecule has 6 rings (SSSR count). The number of aliphatic carboxylic acids is 1. The lowest BCUT2D eigenvalue weighted by Crippen LogP contribution is -2.47. The largest absolute Gasteiger partial charge is 0.488 e. The molecule has 1 atom stereocenters. The predicted molar refractivity (Wildman–Crippen MR) is 217 cm³/mol. The summed E-state index contributed by atoms with van der Waals surface area (Å²) >= 11 is 6.79. The normalized spacial score (nSPS) is 13.8. The fourth-order valence-electron chi connectivity index (χ4n) is 6.87. The van der Waals surface area contributed by atoms with E-state index in [1.165, 1.54) is 11.8 Å². The molecule has 2 heterocycles. The number of ether oxygens (including phenoxy) is 2. The van der Waals surface area contributed by atoms with Crippen LogP contribution in [0.15, 0.2) is 91.3 Å². The minimum Gasteiger partial charge on any atom is -0.488 e. The number of aromatic nitrogens is 1. The van der Waals surface area contributed by atoms with Gasteiger partial charge in [-0.3, -0.25) is 14.6 Å². The van der Waals surface area contributed by atoms with Gasteiger partial charge in [0.05, 0.1) is 16.6 Å². The summed E-state index contributed by atoms with van der Waals surface area (Å²) < 4.78 is 12.6. The number of hydrogen-bond acceptors (Lipinski definition) is 8. The Balaban J connectivity index is 1.17. The molecule has 0 spiro atoms. The molecule has 4 N–H and O–H groups in total. The molecule has 1 aromatic heterocycles. The van der Waals surface area contributed by atoms with Gasteiger partial charge in [-0.15, -0.1) is 0 Å². The number of nitriles is 1. The van der Waals surface area contributed by atoms with Gasteiger partial charge in [0.15, 0.2) is 0 Å². The zero-order valence-corrected chi connectivity index (χ0v) is 32.4. The second-order valence-corrected chi connectivity index (χ2v) is 14.4. The molecular weight excluding hydrogens is 726 g/mol. The van der Waals surface area contributed by atoms with E-state index in [2.05, 4.69) is 95.4 Å². The van der Waals surface area contributed by atoms with Crippen molar-refractivity contribution < 1.29 is 24.2 Å². The highest BCUT2D eigenvalue weighted by molar-refractivity contribution is 6.32. The number of nitrogens with zero attached hydrogens (tertiary/aromatic N) is 2. The summed E-state index contributed by atoms with van der Waals surface area (Å²) in [4.78, 5) is 27.2. The van der Waals surface area contributed by atoms with E-state index in [1.54, 1.807) is 24.4 Å². The number of rotatable bonds is 17. The molecule has 1 saturated heterocycles. The Kier molecular flexibility index (Phi) is 13.7. The molecule has 0 radical (unpaired) electrons. The van der Waals surface area contributed by atoms with E-state index in [0.29, 0.717) is 48.1 Å². The van der Waals surface area contributed by atoms with Gasteiger partial charge >= 0.3 is 5.97 Å². The molecule has 4 aromatic carbocycles. The third-order valence-corrected chi connectivity index (χ3v) is 10.3. The van der Waals surface area contributed by atoms with Crippen molar-refractivity contribution >= 4 is 23.5 Å². The van der Waals surface area contributed by atoms with Gasteiger partial charge in [0.1, 0.15) is 30.8 Å². The van der Waals surface area contributed by atoms with E-state index in [0.717, 1.165) is 69.5 Å². The molecule has 0 saturated carbocycles. The third-order valence-electron chi connectivity index (χ3n) is 10.0. The number of benzene rings is 4. The summed E-state index contributed by atoms with van der Waals surface area (Å²) in [5.74, 6) is 0.256. The number of carboxylic acid groups (broad SMARTS) is 1. The Labute approximate surface area is 332 Å². The number of carbonyl (C=O) groups excluding carboxylic acids is 1. The minimum atomic E-state index is -0.836. The minimum absolute atomic E-state index is 0.0773. The maximum Gasteiger partial charge on any atom is 0.303 e. The van der Waals surface area contributed by atoms with E-state index < -0.39 is 5.97 Å². The first-order valence-corrected chi connectivity index (χ1v) is 19.2. The van der Waals surface area contributed by atoms with Crippen molar-refractivity contribution in [3.8, 4) is 39.8 Å². The molecule has 1 aliphatic heterocycles. The fraction of sp³-hybridized carbons (Fsp3) is 0.289. The van der Waals surface area contributed by atoms with Gasteiger partial charge in [0.2, 0.25) is 5.91 Å². The summed E-state index contributed by atoms with van der Waals surface area (Å²) in [6.07, 6.45) is 5.57. The molecule has 0 aliphatic carbocycles. The average Bonchev–Trinajstić information content (AvgIpc) is 3.20. The Morgan fingerprint density at radius 2 is 1.66 bits per heavy atom. The van der Waals surface area contributed by atoms with E-state index in [-0.39, 0.29) is 31.6 Å².